The average Bonchev–Trinajstić information content (AvgIpc) is 2.34. The van der Waals surface area contributed by atoms with Crippen LogP contribution >= 0.6 is 0 Å². The van der Waals surface area contributed by atoms with Crippen molar-refractivity contribution in [3.05, 3.63) is 13.3 Å². The fourth-order valence-corrected chi connectivity index (χ4v) is 1.57. The monoisotopic (exact) mass is 124 g/mol. The van der Waals surface area contributed by atoms with Gasteiger partial charge in [-0.15, -0.1) is 0 Å². The smallest absolute Gasteiger partial charge is 0.0352 e. The zero-order valence-corrected chi connectivity index (χ0v) is 6.27. The third-order valence-corrected chi connectivity index (χ3v) is 2.37. The first-order chi connectivity index (χ1) is 4.36. The van der Waals surface area contributed by atoms with Gasteiger partial charge in [0.1, 0.15) is 0 Å². The van der Waals surface area contributed by atoms with Crippen LogP contribution in [-0.2, 0) is 0 Å². The van der Waals surface area contributed by atoms with Gasteiger partial charge in [0.05, 0.1) is 0 Å². The summed E-state index contributed by atoms with van der Waals surface area (Å²) in [5, 5.41) is 0. The molecule has 0 N–H and O–H groups in total. The van der Waals surface area contributed by atoms with Crippen LogP contribution in [0.25, 0.3) is 0 Å². The Kier molecular flexibility index (Phi) is 2.56. The Hall–Kier alpha value is 0. The largest absolute Gasteiger partial charge is 0.0651 e. The molecule has 0 aromatic carbocycles. The molecule has 1 saturated carbocycles. The minimum absolute atomic E-state index is 0.912. The lowest BCUT2D eigenvalue weighted by atomic mass is 10.0. The SMILES string of the molecule is [CH2]CC1C[CH]C(CC)C1. The molecule has 1 aliphatic carbocycles. The van der Waals surface area contributed by atoms with Crippen molar-refractivity contribution in [1.82, 2.24) is 0 Å². The van der Waals surface area contributed by atoms with Gasteiger partial charge < -0.3 is 0 Å². The third kappa shape index (κ3) is 1.70. The Labute approximate surface area is 58.7 Å². The van der Waals surface area contributed by atoms with Crippen molar-refractivity contribution in [3.8, 4) is 0 Å². The standard InChI is InChI=1S/C9H16/c1-3-8-5-6-9(4-2)7-8/h6,8-9H,1,3-5,7H2,2H3. The van der Waals surface area contributed by atoms with Gasteiger partial charge in [0.2, 0.25) is 0 Å². The summed E-state index contributed by atoms with van der Waals surface area (Å²) < 4.78 is 0. The minimum atomic E-state index is 0.912. The summed E-state index contributed by atoms with van der Waals surface area (Å²) in [7, 11) is 0. The molecule has 0 bridgehead atoms. The van der Waals surface area contributed by atoms with Crippen LogP contribution < -0.4 is 0 Å². The van der Waals surface area contributed by atoms with E-state index >= 15 is 0 Å². The van der Waals surface area contributed by atoms with E-state index in [1.807, 2.05) is 0 Å². The van der Waals surface area contributed by atoms with Gasteiger partial charge in [-0.2, -0.15) is 0 Å². The molecule has 2 atom stereocenters. The van der Waals surface area contributed by atoms with Gasteiger partial charge in [-0.25, -0.2) is 0 Å². The van der Waals surface area contributed by atoms with Gasteiger partial charge in [-0.05, 0) is 31.1 Å². The quantitative estimate of drug-likeness (QED) is 0.531. The average molecular weight is 124 g/mol. The fourth-order valence-electron chi connectivity index (χ4n) is 1.57. The molecule has 0 amide bonds. The third-order valence-electron chi connectivity index (χ3n) is 2.37. The van der Waals surface area contributed by atoms with Crippen LogP contribution in [0.3, 0.4) is 0 Å². The maximum Gasteiger partial charge on any atom is -0.0352 e. The molecule has 1 aliphatic rings. The van der Waals surface area contributed by atoms with Gasteiger partial charge in [0, 0.05) is 0 Å². The molecule has 9 heavy (non-hydrogen) atoms. The highest BCUT2D eigenvalue weighted by Gasteiger charge is 2.21. The van der Waals surface area contributed by atoms with Crippen molar-refractivity contribution >= 4 is 0 Å². The predicted molar refractivity (Wildman–Crippen MR) is 40.8 cm³/mol. The van der Waals surface area contributed by atoms with Crippen molar-refractivity contribution in [3.63, 3.8) is 0 Å². The zero-order valence-electron chi connectivity index (χ0n) is 6.27. The van der Waals surface area contributed by atoms with Crippen LogP contribution in [-0.4, -0.2) is 0 Å². The second-order valence-corrected chi connectivity index (χ2v) is 3.03. The van der Waals surface area contributed by atoms with E-state index in [1.54, 1.807) is 0 Å². The van der Waals surface area contributed by atoms with Crippen LogP contribution in [0.15, 0.2) is 0 Å². The molecule has 2 radical (unpaired) electrons. The van der Waals surface area contributed by atoms with Crippen LogP contribution in [0.1, 0.15) is 32.6 Å². The maximum absolute atomic E-state index is 3.92. The molecule has 0 heterocycles. The van der Waals surface area contributed by atoms with Gasteiger partial charge in [-0.1, -0.05) is 26.7 Å². The molecule has 2 unspecified atom stereocenters. The van der Waals surface area contributed by atoms with Gasteiger partial charge >= 0.3 is 0 Å². The fraction of sp³-hybridized carbons (Fsp3) is 0.778. The van der Waals surface area contributed by atoms with Gasteiger partial charge in [-0.3, -0.25) is 0 Å². The van der Waals surface area contributed by atoms with E-state index in [2.05, 4.69) is 20.3 Å². The summed E-state index contributed by atoms with van der Waals surface area (Å²) in [5.41, 5.74) is 0. The Balaban J connectivity index is 2.20. The molecule has 0 aromatic heterocycles. The summed E-state index contributed by atoms with van der Waals surface area (Å²) in [6.45, 7) is 6.19. The number of hydrogen-bond donors (Lipinski definition) is 0. The van der Waals surface area contributed by atoms with Crippen LogP contribution in [0, 0.1) is 25.2 Å². The second kappa shape index (κ2) is 3.24. The molecule has 0 aromatic rings. The maximum atomic E-state index is 3.92. The first kappa shape index (κ1) is 7.11. The highest BCUT2D eigenvalue weighted by molar-refractivity contribution is 4.88. The molecular weight excluding hydrogens is 108 g/mol. The van der Waals surface area contributed by atoms with E-state index in [1.165, 1.54) is 19.3 Å². The van der Waals surface area contributed by atoms with E-state index in [0.29, 0.717) is 0 Å². The summed E-state index contributed by atoms with van der Waals surface area (Å²) >= 11 is 0. The van der Waals surface area contributed by atoms with Crippen LogP contribution in [0.2, 0.25) is 0 Å². The molecule has 1 rings (SSSR count). The number of hydrogen-bond acceptors (Lipinski definition) is 0. The number of rotatable bonds is 2. The molecule has 52 valence electrons. The lowest BCUT2D eigenvalue weighted by molar-refractivity contribution is 0.494. The molecule has 0 aliphatic heterocycles. The minimum Gasteiger partial charge on any atom is -0.0651 e. The summed E-state index contributed by atoms with van der Waals surface area (Å²) in [4.78, 5) is 0. The zero-order chi connectivity index (χ0) is 6.69. The molecule has 0 heteroatoms. The van der Waals surface area contributed by atoms with E-state index in [0.717, 1.165) is 18.3 Å². The Bertz CT molecular complexity index is 66.1. The lowest BCUT2D eigenvalue weighted by Crippen LogP contribution is -1.93. The van der Waals surface area contributed by atoms with E-state index in [9.17, 15) is 0 Å². The van der Waals surface area contributed by atoms with Crippen LogP contribution in [0.4, 0.5) is 0 Å². The Morgan fingerprint density at radius 3 is 2.78 bits per heavy atom. The predicted octanol–water partition coefficient (Wildman–Crippen LogP) is 2.85. The first-order valence-electron chi connectivity index (χ1n) is 3.99. The molecular formula is C9H16. The summed E-state index contributed by atoms with van der Waals surface area (Å²) in [6.07, 6.45) is 7.65. The van der Waals surface area contributed by atoms with Gasteiger partial charge in [0.25, 0.3) is 0 Å². The Morgan fingerprint density at radius 1 is 1.67 bits per heavy atom. The highest BCUT2D eigenvalue weighted by Crippen LogP contribution is 2.33. The van der Waals surface area contributed by atoms with Crippen molar-refractivity contribution < 1.29 is 0 Å². The molecule has 1 fully saturated rings. The summed E-state index contributed by atoms with van der Waals surface area (Å²) in [6, 6.07) is 0. The van der Waals surface area contributed by atoms with Crippen molar-refractivity contribution in [2.75, 3.05) is 0 Å². The van der Waals surface area contributed by atoms with Crippen LogP contribution in [0.5, 0.6) is 0 Å². The molecule has 0 nitrogen and oxygen atoms in total. The lowest BCUT2D eigenvalue weighted by Gasteiger charge is -2.04. The highest BCUT2D eigenvalue weighted by atomic mass is 14.3. The van der Waals surface area contributed by atoms with E-state index < -0.39 is 0 Å². The van der Waals surface area contributed by atoms with Crippen molar-refractivity contribution in [1.29, 1.82) is 0 Å². The van der Waals surface area contributed by atoms with Crippen molar-refractivity contribution in [2.45, 2.75) is 32.6 Å². The van der Waals surface area contributed by atoms with E-state index in [-0.39, 0.29) is 0 Å². The second-order valence-electron chi connectivity index (χ2n) is 3.03. The van der Waals surface area contributed by atoms with Gasteiger partial charge in [0.15, 0.2) is 0 Å². The molecule has 0 spiro atoms. The normalized spacial score (nSPS) is 35.3. The Morgan fingerprint density at radius 2 is 2.44 bits per heavy atom. The van der Waals surface area contributed by atoms with Crippen molar-refractivity contribution in [2.24, 2.45) is 11.8 Å². The van der Waals surface area contributed by atoms with E-state index in [4.69, 9.17) is 0 Å². The molecule has 0 saturated heterocycles. The first-order valence-corrected chi connectivity index (χ1v) is 3.99. The summed E-state index contributed by atoms with van der Waals surface area (Å²) in [5.74, 6) is 1.83. The topological polar surface area (TPSA) is 0 Å².